The van der Waals surface area contributed by atoms with E-state index in [0.29, 0.717) is 0 Å². The van der Waals surface area contributed by atoms with Crippen LogP contribution >= 0.6 is 0 Å². The SMILES string of the molecule is COC(=O)[C@H](Cc1c[nH]c2ccccc12)NC(=O)[C@H](Cc1c[nH]c2ccccc12)NC(=O)CON. The number of hydrogen-bond donors (Lipinski definition) is 5. The minimum Gasteiger partial charge on any atom is -0.467 e. The molecule has 0 bridgehead atoms. The molecule has 2 aromatic carbocycles. The molecule has 0 fully saturated rings. The van der Waals surface area contributed by atoms with Crippen molar-refractivity contribution in [3.8, 4) is 0 Å². The molecule has 2 atom stereocenters. The van der Waals surface area contributed by atoms with Crippen LogP contribution in [-0.2, 0) is 36.8 Å². The quantitative estimate of drug-likeness (QED) is 0.172. The maximum absolute atomic E-state index is 13.3. The number of nitrogens with one attached hydrogen (secondary N) is 4. The lowest BCUT2D eigenvalue weighted by Crippen LogP contribution is -2.53. The highest BCUT2D eigenvalue weighted by molar-refractivity contribution is 5.93. The number of rotatable bonds is 10. The number of methoxy groups -OCH3 is 1. The number of para-hydroxylation sites is 2. The Balaban J connectivity index is 1.56. The van der Waals surface area contributed by atoms with E-state index in [0.717, 1.165) is 32.9 Å². The maximum atomic E-state index is 13.3. The predicted octanol–water partition coefficient (Wildman–Crippen LogP) is 1.47. The zero-order valence-electron chi connectivity index (χ0n) is 19.2. The summed E-state index contributed by atoms with van der Waals surface area (Å²) in [5, 5.41) is 7.27. The highest BCUT2D eigenvalue weighted by Gasteiger charge is 2.29. The number of aromatic amines is 2. The first-order valence-corrected chi connectivity index (χ1v) is 11.1. The topological polar surface area (TPSA) is 151 Å². The van der Waals surface area contributed by atoms with Crippen LogP contribution in [0.2, 0.25) is 0 Å². The molecule has 182 valence electrons. The van der Waals surface area contributed by atoms with Crippen molar-refractivity contribution in [2.24, 2.45) is 5.90 Å². The van der Waals surface area contributed by atoms with E-state index in [4.69, 9.17) is 10.6 Å². The van der Waals surface area contributed by atoms with E-state index in [1.165, 1.54) is 7.11 Å². The lowest BCUT2D eigenvalue weighted by molar-refractivity contribution is -0.145. The number of aromatic nitrogens is 2. The zero-order valence-corrected chi connectivity index (χ0v) is 19.2. The Kier molecular flexibility index (Phi) is 7.44. The van der Waals surface area contributed by atoms with Crippen LogP contribution < -0.4 is 16.5 Å². The van der Waals surface area contributed by atoms with Crippen molar-refractivity contribution < 1.29 is 24.0 Å². The largest absolute Gasteiger partial charge is 0.467 e. The summed E-state index contributed by atoms with van der Waals surface area (Å²) in [4.78, 5) is 48.9. The average molecular weight is 478 g/mol. The van der Waals surface area contributed by atoms with Gasteiger partial charge in [0.05, 0.1) is 7.11 Å². The number of amides is 2. The second-order valence-electron chi connectivity index (χ2n) is 8.14. The Morgan fingerprint density at radius 2 is 1.40 bits per heavy atom. The molecule has 2 aromatic heterocycles. The number of carbonyl (C=O) groups is 3. The van der Waals surface area contributed by atoms with Crippen molar-refractivity contribution in [2.75, 3.05) is 13.7 Å². The van der Waals surface area contributed by atoms with Crippen LogP contribution in [0.3, 0.4) is 0 Å². The van der Waals surface area contributed by atoms with Gasteiger partial charge in [0.2, 0.25) is 11.8 Å². The molecule has 0 unspecified atom stereocenters. The summed E-state index contributed by atoms with van der Waals surface area (Å²) in [5.41, 5.74) is 3.51. The van der Waals surface area contributed by atoms with Crippen LogP contribution in [0.15, 0.2) is 60.9 Å². The molecule has 0 aliphatic heterocycles. The Morgan fingerprint density at radius 1 is 0.857 bits per heavy atom. The van der Waals surface area contributed by atoms with E-state index in [2.05, 4.69) is 25.4 Å². The van der Waals surface area contributed by atoms with Crippen LogP contribution in [0.1, 0.15) is 11.1 Å². The molecule has 6 N–H and O–H groups in total. The molecule has 10 nitrogen and oxygen atoms in total. The number of nitrogens with two attached hydrogens (primary N) is 1. The van der Waals surface area contributed by atoms with Crippen molar-refractivity contribution in [1.82, 2.24) is 20.6 Å². The van der Waals surface area contributed by atoms with Gasteiger partial charge in [-0.2, -0.15) is 0 Å². The van der Waals surface area contributed by atoms with Crippen LogP contribution in [0.4, 0.5) is 0 Å². The smallest absolute Gasteiger partial charge is 0.328 e. The summed E-state index contributed by atoms with van der Waals surface area (Å²) in [6, 6.07) is 13.4. The summed E-state index contributed by atoms with van der Waals surface area (Å²) >= 11 is 0. The van der Waals surface area contributed by atoms with Crippen LogP contribution in [0.5, 0.6) is 0 Å². The molecule has 0 aliphatic rings. The number of esters is 1. The molecule has 4 rings (SSSR count). The summed E-state index contributed by atoms with van der Waals surface area (Å²) < 4.78 is 4.94. The second-order valence-corrected chi connectivity index (χ2v) is 8.14. The van der Waals surface area contributed by atoms with Gasteiger partial charge >= 0.3 is 5.97 Å². The summed E-state index contributed by atoms with van der Waals surface area (Å²) in [5.74, 6) is 3.34. The van der Waals surface area contributed by atoms with Crippen molar-refractivity contribution in [3.63, 3.8) is 0 Å². The maximum Gasteiger partial charge on any atom is 0.328 e. The fraction of sp³-hybridized carbons (Fsp3) is 0.240. The van der Waals surface area contributed by atoms with E-state index in [1.807, 2.05) is 48.5 Å². The highest BCUT2D eigenvalue weighted by atomic mass is 16.6. The predicted molar refractivity (Wildman–Crippen MR) is 130 cm³/mol. The van der Waals surface area contributed by atoms with Gasteiger partial charge in [0.25, 0.3) is 0 Å². The third-order valence-electron chi connectivity index (χ3n) is 5.87. The minimum absolute atomic E-state index is 0.188. The summed E-state index contributed by atoms with van der Waals surface area (Å²) in [7, 11) is 1.26. The third-order valence-corrected chi connectivity index (χ3v) is 5.87. The first kappa shape index (κ1) is 24.0. The van der Waals surface area contributed by atoms with Gasteiger partial charge in [-0.3, -0.25) is 14.4 Å². The number of ether oxygens (including phenoxy) is 1. The summed E-state index contributed by atoms with van der Waals surface area (Å²) in [6.07, 6.45) is 3.99. The molecule has 0 spiro atoms. The van der Waals surface area contributed by atoms with Crippen molar-refractivity contribution >= 4 is 39.6 Å². The monoisotopic (exact) mass is 477 g/mol. The van der Waals surface area contributed by atoms with Crippen molar-refractivity contribution in [2.45, 2.75) is 24.9 Å². The Labute approximate surface area is 201 Å². The standard InChI is InChI=1S/C25H27N5O5/c1-34-25(33)22(11-16-13-28-20-9-5-3-7-18(16)20)30-24(32)21(29-23(31)14-35-26)10-15-12-27-19-8-4-2-6-17(15)19/h2-9,12-13,21-22,27-28H,10-11,14,26H2,1H3,(H,29,31)(H,30,32)/t21-,22-/m0/s1. The van der Waals surface area contributed by atoms with Crippen LogP contribution in [-0.4, -0.2) is 53.6 Å². The lowest BCUT2D eigenvalue weighted by atomic mass is 10.0. The molecule has 10 heteroatoms. The van der Waals surface area contributed by atoms with E-state index < -0.39 is 36.5 Å². The molecular weight excluding hydrogens is 450 g/mol. The second kappa shape index (κ2) is 10.9. The first-order valence-electron chi connectivity index (χ1n) is 11.1. The molecule has 0 radical (unpaired) electrons. The first-order chi connectivity index (χ1) is 17.0. The lowest BCUT2D eigenvalue weighted by Gasteiger charge is -2.22. The van der Waals surface area contributed by atoms with E-state index in [9.17, 15) is 14.4 Å². The van der Waals surface area contributed by atoms with Gasteiger partial charge < -0.3 is 25.3 Å². The Bertz CT molecular complexity index is 1340. The van der Waals surface area contributed by atoms with Gasteiger partial charge in [0.1, 0.15) is 18.7 Å². The molecule has 2 heterocycles. The van der Waals surface area contributed by atoms with Gasteiger partial charge in [0.15, 0.2) is 0 Å². The van der Waals surface area contributed by atoms with Gasteiger partial charge in [0, 0.05) is 47.0 Å². The number of benzene rings is 2. The van der Waals surface area contributed by atoms with Crippen LogP contribution in [0, 0.1) is 0 Å². The van der Waals surface area contributed by atoms with E-state index in [-0.39, 0.29) is 12.8 Å². The van der Waals surface area contributed by atoms with Gasteiger partial charge in [-0.05, 0) is 23.3 Å². The van der Waals surface area contributed by atoms with Gasteiger partial charge in [-0.15, -0.1) is 0 Å². The molecule has 2 amide bonds. The summed E-state index contributed by atoms with van der Waals surface area (Å²) in [6.45, 7) is -0.409. The number of hydrogen-bond acceptors (Lipinski definition) is 6. The number of carbonyl (C=O) groups excluding carboxylic acids is 3. The fourth-order valence-electron chi connectivity index (χ4n) is 4.17. The Hall–Kier alpha value is -4.15. The number of fused-ring (bicyclic) bond motifs is 2. The molecule has 0 saturated carbocycles. The molecule has 0 aliphatic carbocycles. The minimum atomic E-state index is -0.980. The fourth-order valence-corrected chi connectivity index (χ4v) is 4.17. The molecular formula is C25H27N5O5. The molecule has 4 aromatic rings. The average Bonchev–Trinajstić information content (AvgIpc) is 3.47. The third kappa shape index (κ3) is 5.51. The highest BCUT2D eigenvalue weighted by Crippen LogP contribution is 2.21. The zero-order chi connectivity index (χ0) is 24.8. The molecule has 0 saturated heterocycles. The van der Waals surface area contributed by atoms with Gasteiger partial charge in [-0.1, -0.05) is 36.4 Å². The van der Waals surface area contributed by atoms with E-state index >= 15 is 0 Å². The van der Waals surface area contributed by atoms with Gasteiger partial charge in [-0.25, -0.2) is 10.7 Å². The number of H-pyrrole nitrogens is 2. The Morgan fingerprint density at radius 3 is 1.94 bits per heavy atom. The van der Waals surface area contributed by atoms with Crippen LogP contribution in [0.25, 0.3) is 21.8 Å². The normalized spacial score (nSPS) is 12.9. The van der Waals surface area contributed by atoms with Crippen molar-refractivity contribution in [1.29, 1.82) is 0 Å². The van der Waals surface area contributed by atoms with E-state index in [1.54, 1.807) is 12.4 Å². The van der Waals surface area contributed by atoms with Crippen molar-refractivity contribution in [3.05, 3.63) is 72.1 Å². The molecule has 35 heavy (non-hydrogen) atoms.